The van der Waals surface area contributed by atoms with E-state index in [4.69, 9.17) is 5.11 Å². The number of hydrogen-bond acceptors (Lipinski definition) is 2. The number of nitrogens with zero attached hydrogens (tertiary/aromatic N) is 1. The van der Waals surface area contributed by atoms with E-state index in [0.29, 0.717) is 22.0 Å². The summed E-state index contributed by atoms with van der Waals surface area (Å²) in [6.45, 7) is 1.75. The first-order chi connectivity index (χ1) is 7.09. The van der Waals surface area contributed by atoms with E-state index < -0.39 is 5.97 Å². The van der Waals surface area contributed by atoms with Gasteiger partial charge < -0.3 is 5.11 Å². The number of halogens is 1. The first-order valence-corrected chi connectivity index (χ1v) is 5.17. The number of carboxylic acids is 1. The number of hydrogen-bond donors (Lipinski definition) is 1. The highest BCUT2D eigenvalue weighted by atomic mass is 79.9. The third-order valence-electron chi connectivity index (χ3n) is 2.23. The van der Waals surface area contributed by atoms with Gasteiger partial charge in [0.05, 0.1) is 11.1 Å². The maximum absolute atomic E-state index is 11.1. The second-order valence-electron chi connectivity index (χ2n) is 3.28. The van der Waals surface area contributed by atoms with Gasteiger partial charge in [0.2, 0.25) is 0 Å². The number of aryl methyl sites for hydroxylation is 1. The highest BCUT2D eigenvalue weighted by Crippen LogP contribution is 2.23. The predicted molar refractivity (Wildman–Crippen MR) is 61.1 cm³/mol. The average molecular weight is 266 g/mol. The van der Waals surface area contributed by atoms with Crippen LogP contribution in [0.2, 0.25) is 0 Å². The number of rotatable bonds is 1. The summed E-state index contributed by atoms with van der Waals surface area (Å²) >= 11 is 3.32. The number of aromatic carboxylic acids is 1. The van der Waals surface area contributed by atoms with E-state index in [1.807, 2.05) is 6.07 Å². The van der Waals surface area contributed by atoms with Crippen LogP contribution in [0.4, 0.5) is 0 Å². The van der Waals surface area contributed by atoms with Gasteiger partial charge in [0.15, 0.2) is 0 Å². The summed E-state index contributed by atoms with van der Waals surface area (Å²) in [5.41, 5.74) is 1.69. The third-order valence-corrected chi connectivity index (χ3v) is 2.73. The van der Waals surface area contributed by atoms with Crippen LogP contribution in [0.3, 0.4) is 0 Å². The van der Waals surface area contributed by atoms with Gasteiger partial charge in [-0.15, -0.1) is 0 Å². The summed E-state index contributed by atoms with van der Waals surface area (Å²) in [6, 6.07) is 5.42. The van der Waals surface area contributed by atoms with Crippen LogP contribution < -0.4 is 0 Å². The summed E-state index contributed by atoms with van der Waals surface area (Å²) < 4.78 is 0.852. The van der Waals surface area contributed by atoms with Crippen LogP contribution in [0, 0.1) is 6.92 Å². The molecule has 0 unspecified atom stereocenters. The highest BCUT2D eigenvalue weighted by molar-refractivity contribution is 9.10. The summed E-state index contributed by atoms with van der Waals surface area (Å²) in [7, 11) is 0. The minimum absolute atomic E-state index is 0.321. The molecule has 1 N–H and O–H groups in total. The molecular weight excluding hydrogens is 258 g/mol. The van der Waals surface area contributed by atoms with Crippen LogP contribution in [0.1, 0.15) is 15.9 Å². The molecule has 0 amide bonds. The van der Waals surface area contributed by atoms with Gasteiger partial charge in [-0.05, 0) is 30.7 Å². The lowest BCUT2D eigenvalue weighted by atomic mass is 10.1. The number of pyridine rings is 1. The van der Waals surface area contributed by atoms with Gasteiger partial charge in [-0.25, -0.2) is 4.79 Å². The third kappa shape index (κ3) is 1.72. The average Bonchev–Trinajstić information content (AvgIpc) is 2.16. The Bertz CT molecular complexity index is 546. The lowest BCUT2D eigenvalue weighted by molar-refractivity contribution is 0.0698. The van der Waals surface area contributed by atoms with Crippen molar-refractivity contribution in [1.82, 2.24) is 4.98 Å². The molecule has 0 aliphatic carbocycles. The number of carboxylic acid groups (broad SMARTS) is 1. The molecule has 4 heteroatoms. The topological polar surface area (TPSA) is 50.2 Å². The summed E-state index contributed by atoms with van der Waals surface area (Å²) in [5, 5.41) is 9.78. The predicted octanol–water partition coefficient (Wildman–Crippen LogP) is 3.00. The van der Waals surface area contributed by atoms with Crippen molar-refractivity contribution < 1.29 is 9.90 Å². The molecule has 0 spiro atoms. The molecule has 0 aliphatic heterocycles. The Kier molecular flexibility index (Phi) is 2.44. The van der Waals surface area contributed by atoms with Crippen LogP contribution >= 0.6 is 15.9 Å². The van der Waals surface area contributed by atoms with E-state index in [9.17, 15) is 4.79 Å². The van der Waals surface area contributed by atoms with Crippen LogP contribution in [-0.2, 0) is 0 Å². The zero-order valence-electron chi connectivity index (χ0n) is 7.99. The Hall–Kier alpha value is -1.42. The van der Waals surface area contributed by atoms with E-state index in [2.05, 4.69) is 20.9 Å². The van der Waals surface area contributed by atoms with E-state index in [1.54, 1.807) is 25.3 Å². The van der Waals surface area contributed by atoms with E-state index in [1.165, 1.54) is 0 Å². The maximum atomic E-state index is 11.1. The van der Waals surface area contributed by atoms with Crippen LogP contribution in [0.15, 0.2) is 28.9 Å². The zero-order chi connectivity index (χ0) is 11.0. The van der Waals surface area contributed by atoms with Gasteiger partial charge in [0.1, 0.15) is 0 Å². The lowest BCUT2D eigenvalue weighted by Crippen LogP contribution is -2.01. The molecule has 1 aromatic heterocycles. The maximum Gasteiger partial charge on any atom is 0.336 e. The van der Waals surface area contributed by atoms with Crippen molar-refractivity contribution in [3.05, 3.63) is 40.0 Å². The molecule has 2 aromatic rings. The normalized spacial score (nSPS) is 10.5. The van der Waals surface area contributed by atoms with Crippen molar-refractivity contribution in [2.75, 3.05) is 0 Å². The quantitative estimate of drug-likeness (QED) is 0.863. The molecule has 1 heterocycles. The molecule has 76 valence electrons. The van der Waals surface area contributed by atoms with E-state index >= 15 is 0 Å². The fourth-order valence-electron chi connectivity index (χ4n) is 1.55. The largest absolute Gasteiger partial charge is 0.478 e. The van der Waals surface area contributed by atoms with Gasteiger partial charge in [-0.2, -0.15) is 0 Å². The molecule has 1 aromatic carbocycles. The minimum atomic E-state index is -0.919. The Labute approximate surface area is 94.9 Å². The molecule has 2 rings (SSSR count). The van der Waals surface area contributed by atoms with Crippen molar-refractivity contribution in [3.8, 4) is 0 Å². The van der Waals surface area contributed by atoms with Gasteiger partial charge in [-0.1, -0.05) is 15.9 Å². The van der Waals surface area contributed by atoms with Crippen molar-refractivity contribution in [2.24, 2.45) is 0 Å². The Balaban J connectivity index is 2.90. The fraction of sp³-hybridized carbons (Fsp3) is 0.0909. The second kappa shape index (κ2) is 3.62. The number of benzene rings is 1. The smallest absolute Gasteiger partial charge is 0.336 e. The lowest BCUT2D eigenvalue weighted by Gasteiger charge is -2.05. The van der Waals surface area contributed by atoms with Crippen molar-refractivity contribution in [1.29, 1.82) is 0 Å². The molecule has 0 radical (unpaired) electrons. The molecule has 0 aliphatic rings. The Morgan fingerprint density at radius 2 is 2.20 bits per heavy atom. The molecular formula is C11H8BrNO2. The first-order valence-electron chi connectivity index (χ1n) is 4.38. The van der Waals surface area contributed by atoms with Gasteiger partial charge in [-0.3, -0.25) is 4.98 Å². The molecule has 0 fully saturated rings. The van der Waals surface area contributed by atoms with Crippen LogP contribution in [-0.4, -0.2) is 16.1 Å². The zero-order valence-corrected chi connectivity index (χ0v) is 9.58. The summed E-state index contributed by atoms with van der Waals surface area (Å²) in [6.07, 6.45) is 1.58. The summed E-state index contributed by atoms with van der Waals surface area (Å²) in [5.74, 6) is -0.919. The number of fused-ring (bicyclic) bond motifs is 1. The fourth-order valence-corrected chi connectivity index (χ4v) is 1.91. The number of aromatic nitrogens is 1. The molecule has 0 bridgehead atoms. The van der Waals surface area contributed by atoms with Gasteiger partial charge in [0, 0.05) is 16.1 Å². The first kappa shape index (κ1) is 10.1. The van der Waals surface area contributed by atoms with Gasteiger partial charge >= 0.3 is 5.97 Å². The van der Waals surface area contributed by atoms with E-state index in [-0.39, 0.29) is 0 Å². The molecule has 0 saturated carbocycles. The molecule has 0 saturated heterocycles. The standard InChI is InChI=1S/C11H8BrNO2/c1-6-5-13-9-3-2-7(12)4-8(9)10(6)11(14)15/h2-5H,1H3,(H,14,15). The SMILES string of the molecule is Cc1cnc2ccc(Br)cc2c1C(=O)O. The summed E-state index contributed by atoms with van der Waals surface area (Å²) in [4.78, 5) is 15.3. The van der Waals surface area contributed by atoms with Crippen LogP contribution in [0.5, 0.6) is 0 Å². The monoisotopic (exact) mass is 265 g/mol. The molecule has 0 atom stereocenters. The van der Waals surface area contributed by atoms with E-state index in [0.717, 1.165) is 4.47 Å². The number of carbonyl (C=O) groups is 1. The van der Waals surface area contributed by atoms with Crippen molar-refractivity contribution in [3.63, 3.8) is 0 Å². The van der Waals surface area contributed by atoms with Crippen LogP contribution in [0.25, 0.3) is 10.9 Å². The van der Waals surface area contributed by atoms with Crippen molar-refractivity contribution >= 4 is 32.8 Å². The van der Waals surface area contributed by atoms with Crippen molar-refractivity contribution in [2.45, 2.75) is 6.92 Å². The second-order valence-corrected chi connectivity index (χ2v) is 4.20. The minimum Gasteiger partial charge on any atom is -0.478 e. The molecule has 15 heavy (non-hydrogen) atoms. The Morgan fingerprint density at radius 3 is 2.87 bits per heavy atom. The van der Waals surface area contributed by atoms with Gasteiger partial charge in [0.25, 0.3) is 0 Å². The Morgan fingerprint density at radius 1 is 1.47 bits per heavy atom. The highest BCUT2D eigenvalue weighted by Gasteiger charge is 2.12. The molecule has 3 nitrogen and oxygen atoms in total.